The molecule has 2 rings (SSSR count). The number of benzene rings is 1. The molecule has 0 aliphatic heterocycles. The minimum atomic E-state index is 0.245. The van der Waals surface area contributed by atoms with Crippen LogP contribution in [-0.4, -0.2) is 10.3 Å². The van der Waals surface area contributed by atoms with Crippen LogP contribution in [0.3, 0.4) is 0 Å². The standard InChI is InChI=1S/C10H10N2O2/c11-10-6-9(14-12-10)5-7-2-1-3-8(13)4-7/h1-4,6,13H,5H2,(H2,11,12). The molecule has 0 amide bonds. The summed E-state index contributed by atoms with van der Waals surface area (Å²) in [6, 6.07) is 8.66. The van der Waals surface area contributed by atoms with Gasteiger partial charge in [-0.1, -0.05) is 17.3 Å². The number of nitrogens with two attached hydrogens (primary N) is 1. The topological polar surface area (TPSA) is 72.3 Å². The molecule has 4 heteroatoms. The van der Waals surface area contributed by atoms with Gasteiger partial charge in [0.1, 0.15) is 11.5 Å². The van der Waals surface area contributed by atoms with Crippen molar-refractivity contribution in [2.45, 2.75) is 6.42 Å². The van der Waals surface area contributed by atoms with E-state index < -0.39 is 0 Å². The van der Waals surface area contributed by atoms with E-state index in [1.807, 2.05) is 6.07 Å². The van der Waals surface area contributed by atoms with Crippen molar-refractivity contribution >= 4 is 5.82 Å². The average molecular weight is 190 g/mol. The molecular weight excluding hydrogens is 180 g/mol. The zero-order valence-electron chi connectivity index (χ0n) is 7.47. The molecule has 1 heterocycles. The monoisotopic (exact) mass is 190 g/mol. The van der Waals surface area contributed by atoms with Gasteiger partial charge >= 0.3 is 0 Å². The molecule has 3 N–H and O–H groups in total. The number of phenols is 1. The Kier molecular flexibility index (Phi) is 2.10. The summed E-state index contributed by atoms with van der Waals surface area (Å²) in [5.41, 5.74) is 6.37. The molecule has 0 spiro atoms. The van der Waals surface area contributed by atoms with Crippen LogP contribution in [0.4, 0.5) is 5.82 Å². The van der Waals surface area contributed by atoms with Gasteiger partial charge < -0.3 is 15.4 Å². The van der Waals surface area contributed by atoms with E-state index in [2.05, 4.69) is 5.16 Å². The first kappa shape index (κ1) is 8.62. The second kappa shape index (κ2) is 3.41. The number of nitrogens with zero attached hydrogens (tertiary/aromatic N) is 1. The average Bonchev–Trinajstić information content (AvgIpc) is 2.51. The van der Waals surface area contributed by atoms with E-state index >= 15 is 0 Å². The molecule has 0 aliphatic rings. The lowest BCUT2D eigenvalue weighted by molar-refractivity contribution is 0.392. The molecule has 14 heavy (non-hydrogen) atoms. The highest BCUT2D eigenvalue weighted by Gasteiger charge is 2.02. The minimum Gasteiger partial charge on any atom is -0.508 e. The minimum absolute atomic E-state index is 0.245. The van der Waals surface area contributed by atoms with E-state index in [0.29, 0.717) is 18.0 Å². The van der Waals surface area contributed by atoms with Gasteiger partial charge in [-0.25, -0.2) is 0 Å². The third-order valence-electron chi connectivity index (χ3n) is 1.87. The highest BCUT2D eigenvalue weighted by molar-refractivity contribution is 5.32. The molecule has 0 bridgehead atoms. The second-order valence-electron chi connectivity index (χ2n) is 3.06. The third kappa shape index (κ3) is 1.85. The fraction of sp³-hybridized carbons (Fsp3) is 0.100. The second-order valence-corrected chi connectivity index (χ2v) is 3.06. The van der Waals surface area contributed by atoms with Gasteiger partial charge in [-0.3, -0.25) is 0 Å². The number of hydrogen-bond acceptors (Lipinski definition) is 4. The Balaban J connectivity index is 2.18. The Morgan fingerprint density at radius 2 is 2.21 bits per heavy atom. The van der Waals surface area contributed by atoms with Crippen LogP contribution in [0.1, 0.15) is 11.3 Å². The van der Waals surface area contributed by atoms with Crippen LogP contribution >= 0.6 is 0 Å². The van der Waals surface area contributed by atoms with Crippen LogP contribution < -0.4 is 5.73 Å². The molecule has 0 radical (unpaired) electrons. The first-order chi connectivity index (χ1) is 6.74. The maximum atomic E-state index is 9.23. The van der Waals surface area contributed by atoms with Crippen molar-refractivity contribution < 1.29 is 9.63 Å². The number of rotatable bonds is 2. The molecule has 0 aliphatic carbocycles. The lowest BCUT2D eigenvalue weighted by Gasteiger charge is -1.97. The van der Waals surface area contributed by atoms with Crippen molar-refractivity contribution in [1.29, 1.82) is 0 Å². The van der Waals surface area contributed by atoms with Gasteiger partial charge in [-0.05, 0) is 17.7 Å². The quantitative estimate of drug-likeness (QED) is 0.753. The van der Waals surface area contributed by atoms with E-state index in [-0.39, 0.29) is 5.75 Å². The van der Waals surface area contributed by atoms with Gasteiger partial charge in [0.25, 0.3) is 0 Å². The zero-order chi connectivity index (χ0) is 9.97. The maximum absolute atomic E-state index is 9.23. The SMILES string of the molecule is Nc1cc(Cc2cccc(O)c2)on1. The van der Waals surface area contributed by atoms with Gasteiger partial charge in [0.2, 0.25) is 0 Å². The predicted molar refractivity (Wildman–Crippen MR) is 51.8 cm³/mol. The summed E-state index contributed by atoms with van der Waals surface area (Å²) in [7, 11) is 0. The summed E-state index contributed by atoms with van der Waals surface area (Å²) in [6.45, 7) is 0. The van der Waals surface area contributed by atoms with Gasteiger partial charge in [0.15, 0.2) is 5.82 Å². The molecule has 4 nitrogen and oxygen atoms in total. The summed E-state index contributed by atoms with van der Waals surface area (Å²) in [5, 5.41) is 12.8. The number of aromatic hydroxyl groups is 1. The lowest BCUT2D eigenvalue weighted by atomic mass is 10.1. The lowest BCUT2D eigenvalue weighted by Crippen LogP contribution is -1.85. The Morgan fingerprint density at radius 1 is 1.36 bits per heavy atom. The zero-order valence-corrected chi connectivity index (χ0v) is 7.47. The number of aromatic nitrogens is 1. The van der Waals surface area contributed by atoms with Gasteiger partial charge in [0, 0.05) is 12.5 Å². The Morgan fingerprint density at radius 3 is 2.86 bits per heavy atom. The third-order valence-corrected chi connectivity index (χ3v) is 1.87. The van der Waals surface area contributed by atoms with Crippen LogP contribution in [-0.2, 0) is 6.42 Å². The summed E-state index contributed by atoms with van der Waals surface area (Å²) in [4.78, 5) is 0. The van der Waals surface area contributed by atoms with Crippen LogP contribution in [0.2, 0.25) is 0 Å². The molecular formula is C10H10N2O2. The fourth-order valence-electron chi connectivity index (χ4n) is 1.28. The molecule has 72 valence electrons. The largest absolute Gasteiger partial charge is 0.508 e. The van der Waals surface area contributed by atoms with Crippen molar-refractivity contribution in [1.82, 2.24) is 5.16 Å². The Hall–Kier alpha value is -1.97. The van der Waals surface area contributed by atoms with E-state index in [1.165, 1.54) is 0 Å². The molecule has 0 unspecified atom stereocenters. The van der Waals surface area contributed by atoms with Crippen molar-refractivity contribution in [2.24, 2.45) is 0 Å². The Bertz CT molecular complexity index is 437. The van der Waals surface area contributed by atoms with Crippen molar-refractivity contribution in [3.63, 3.8) is 0 Å². The first-order valence-corrected chi connectivity index (χ1v) is 4.23. The molecule has 1 aromatic carbocycles. The molecule has 0 atom stereocenters. The smallest absolute Gasteiger partial charge is 0.167 e. The van der Waals surface area contributed by atoms with Gasteiger partial charge in [0.05, 0.1) is 0 Å². The van der Waals surface area contributed by atoms with Crippen molar-refractivity contribution in [2.75, 3.05) is 5.73 Å². The predicted octanol–water partition coefficient (Wildman–Crippen LogP) is 1.55. The number of anilines is 1. The van der Waals surface area contributed by atoms with Gasteiger partial charge in [-0.2, -0.15) is 0 Å². The Labute approximate surface area is 81.0 Å². The van der Waals surface area contributed by atoms with E-state index in [1.54, 1.807) is 24.3 Å². The maximum Gasteiger partial charge on any atom is 0.167 e. The van der Waals surface area contributed by atoms with Crippen LogP contribution in [0, 0.1) is 0 Å². The highest BCUT2D eigenvalue weighted by Crippen LogP contribution is 2.15. The number of nitrogen functional groups attached to an aromatic ring is 1. The molecule has 0 saturated carbocycles. The van der Waals surface area contributed by atoms with E-state index in [0.717, 1.165) is 5.56 Å². The molecule has 0 saturated heterocycles. The summed E-state index contributed by atoms with van der Waals surface area (Å²) in [5.74, 6) is 1.31. The summed E-state index contributed by atoms with van der Waals surface area (Å²) < 4.78 is 4.95. The summed E-state index contributed by atoms with van der Waals surface area (Å²) >= 11 is 0. The number of hydrogen-bond donors (Lipinski definition) is 2. The first-order valence-electron chi connectivity index (χ1n) is 4.23. The molecule has 2 aromatic rings. The normalized spacial score (nSPS) is 10.3. The van der Waals surface area contributed by atoms with Crippen LogP contribution in [0.15, 0.2) is 34.9 Å². The summed E-state index contributed by atoms with van der Waals surface area (Å²) in [6.07, 6.45) is 0.582. The van der Waals surface area contributed by atoms with Crippen LogP contribution in [0.25, 0.3) is 0 Å². The van der Waals surface area contributed by atoms with E-state index in [4.69, 9.17) is 10.3 Å². The van der Waals surface area contributed by atoms with Crippen molar-refractivity contribution in [3.05, 3.63) is 41.7 Å². The fourth-order valence-corrected chi connectivity index (χ4v) is 1.28. The van der Waals surface area contributed by atoms with Crippen molar-refractivity contribution in [3.8, 4) is 5.75 Å². The highest BCUT2D eigenvalue weighted by atomic mass is 16.5. The van der Waals surface area contributed by atoms with Crippen LogP contribution in [0.5, 0.6) is 5.75 Å². The van der Waals surface area contributed by atoms with Gasteiger partial charge in [-0.15, -0.1) is 0 Å². The molecule has 0 fully saturated rings. The number of phenolic OH excluding ortho intramolecular Hbond substituents is 1. The van der Waals surface area contributed by atoms with E-state index in [9.17, 15) is 5.11 Å². The molecule has 1 aromatic heterocycles.